The van der Waals surface area contributed by atoms with E-state index in [0.29, 0.717) is 30.6 Å². The van der Waals surface area contributed by atoms with E-state index in [2.05, 4.69) is 10.6 Å². The molecule has 0 aromatic heterocycles. The van der Waals surface area contributed by atoms with E-state index in [1.807, 2.05) is 6.92 Å². The quantitative estimate of drug-likeness (QED) is 0.483. The number of hydrogen-bond donors (Lipinski definition) is 2. The number of terminal acetylenes is 1. The van der Waals surface area contributed by atoms with Crippen LogP contribution in [0, 0.1) is 26.2 Å². The average Bonchev–Trinajstić information content (AvgIpc) is 2.29. The molecule has 3 N–H and O–H groups in total. The van der Waals surface area contributed by atoms with Gasteiger partial charge >= 0.3 is 0 Å². The Bertz CT molecular complexity index is 571. The minimum Gasteiger partial charge on any atom is -0.398 e. The molecule has 0 radical (unpaired) electrons. The fraction of sp³-hybridized carbons (Fsp3) is 0.385. The van der Waals surface area contributed by atoms with Crippen LogP contribution in [0.5, 0.6) is 0 Å². The lowest BCUT2D eigenvalue weighted by Crippen LogP contribution is -2.25. The molecule has 0 atom stereocenters. The summed E-state index contributed by atoms with van der Waals surface area (Å²) in [4.78, 5) is 0.237. The summed E-state index contributed by atoms with van der Waals surface area (Å²) >= 11 is 0. The predicted octanol–water partition coefficient (Wildman–Crippen LogP) is 1.58. The fourth-order valence-corrected chi connectivity index (χ4v) is 3.04. The largest absolute Gasteiger partial charge is 0.398 e. The van der Waals surface area contributed by atoms with Crippen molar-refractivity contribution in [3.05, 3.63) is 23.3 Å². The van der Waals surface area contributed by atoms with Gasteiger partial charge in [-0.15, -0.1) is 12.3 Å². The van der Waals surface area contributed by atoms with Crippen molar-refractivity contribution < 1.29 is 8.42 Å². The Kier molecular flexibility index (Phi) is 4.76. The van der Waals surface area contributed by atoms with Crippen LogP contribution >= 0.6 is 0 Å². The van der Waals surface area contributed by atoms with Crippen LogP contribution in [0.2, 0.25) is 0 Å². The molecule has 4 nitrogen and oxygen atoms in total. The van der Waals surface area contributed by atoms with Crippen molar-refractivity contribution in [2.24, 2.45) is 0 Å². The molecule has 5 heteroatoms. The van der Waals surface area contributed by atoms with Crippen molar-refractivity contribution in [1.82, 2.24) is 4.72 Å². The first-order valence-electron chi connectivity index (χ1n) is 5.68. The van der Waals surface area contributed by atoms with Gasteiger partial charge in [-0.3, -0.25) is 0 Å². The molecule has 0 heterocycles. The smallest absolute Gasteiger partial charge is 0.240 e. The maximum absolute atomic E-state index is 12.1. The molecule has 0 aliphatic heterocycles. The summed E-state index contributed by atoms with van der Waals surface area (Å²) in [5.41, 5.74) is 7.66. The Morgan fingerprint density at radius 1 is 1.39 bits per heavy atom. The highest BCUT2D eigenvalue weighted by atomic mass is 32.2. The number of nitrogen functional groups attached to an aromatic ring is 1. The molecule has 0 spiro atoms. The van der Waals surface area contributed by atoms with Crippen molar-refractivity contribution in [2.45, 2.75) is 31.6 Å². The highest BCUT2D eigenvalue weighted by molar-refractivity contribution is 7.89. The molecule has 0 bridgehead atoms. The van der Waals surface area contributed by atoms with E-state index in [0.717, 1.165) is 5.56 Å². The van der Waals surface area contributed by atoms with Crippen LogP contribution in [0.15, 0.2) is 17.0 Å². The van der Waals surface area contributed by atoms with Crippen LogP contribution < -0.4 is 10.5 Å². The highest BCUT2D eigenvalue weighted by Gasteiger charge is 2.17. The molecule has 1 aromatic rings. The molecule has 0 aliphatic carbocycles. The number of aryl methyl sites for hydroxylation is 1. The van der Waals surface area contributed by atoms with E-state index < -0.39 is 10.0 Å². The number of benzene rings is 1. The van der Waals surface area contributed by atoms with E-state index in [-0.39, 0.29) is 4.90 Å². The van der Waals surface area contributed by atoms with Gasteiger partial charge in [0.15, 0.2) is 0 Å². The Hall–Kier alpha value is -1.51. The normalized spacial score (nSPS) is 11.2. The minimum atomic E-state index is -3.52. The second-order valence-electron chi connectivity index (χ2n) is 4.18. The standard InChI is InChI=1S/C13H18N2O2S/c1-4-5-6-7-15-18(16,17)13-9-10(2)8-12(14)11(13)3/h1,8-9,15H,5-7,14H2,2-3H3. The van der Waals surface area contributed by atoms with Crippen molar-refractivity contribution >= 4 is 15.7 Å². The van der Waals surface area contributed by atoms with E-state index in [1.54, 1.807) is 19.1 Å². The van der Waals surface area contributed by atoms with Gasteiger partial charge in [0.05, 0.1) is 4.90 Å². The molecule has 0 aliphatic rings. The predicted molar refractivity (Wildman–Crippen MR) is 73.6 cm³/mol. The van der Waals surface area contributed by atoms with Gasteiger partial charge in [-0.05, 0) is 43.5 Å². The zero-order valence-electron chi connectivity index (χ0n) is 10.7. The molecule has 1 rings (SSSR count). The van der Waals surface area contributed by atoms with Crippen LogP contribution in [0.1, 0.15) is 24.0 Å². The number of unbranched alkanes of at least 4 members (excludes halogenated alkanes) is 1. The van der Waals surface area contributed by atoms with E-state index >= 15 is 0 Å². The molecular formula is C13H18N2O2S. The minimum absolute atomic E-state index is 0.237. The third kappa shape index (κ3) is 3.49. The first kappa shape index (κ1) is 14.6. The number of hydrogen-bond acceptors (Lipinski definition) is 3. The summed E-state index contributed by atoms with van der Waals surface area (Å²) in [5.74, 6) is 2.47. The van der Waals surface area contributed by atoms with Crippen molar-refractivity contribution in [3.8, 4) is 12.3 Å². The third-order valence-electron chi connectivity index (χ3n) is 2.62. The lowest BCUT2D eigenvalue weighted by molar-refractivity contribution is 0.579. The van der Waals surface area contributed by atoms with Gasteiger partial charge in [0.2, 0.25) is 10.0 Å². The van der Waals surface area contributed by atoms with E-state index in [9.17, 15) is 8.42 Å². The van der Waals surface area contributed by atoms with Crippen LogP contribution in [-0.4, -0.2) is 15.0 Å². The zero-order valence-corrected chi connectivity index (χ0v) is 11.5. The SMILES string of the molecule is C#CCCCNS(=O)(=O)c1cc(C)cc(N)c1C. The van der Waals surface area contributed by atoms with E-state index in [1.165, 1.54) is 0 Å². The Morgan fingerprint density at radius 2 is 2.06 bits per heavy atom. The molecule has 0 saturated carbocycles. The topological polar surface area (TPSA) is 72.2 Å². The van der Waals surface area contributed by atoms with Crippen molar-refractivity contribution in [1.29, 1.82) is 0 Å². The molecule has 1 aromatic carbocycles. The Labute approximate surface area is 109 Å². The fourth-order valence-electron chi connectivity index (χ4n) is 1.61. The zero-order chi connectivity index (χ0) is 13.8. The first-order valence-corrected chi connectivity index (χ1v) is 7.16. The van der Waals surface area contributed by atoms with E-state index in [4.69, 9.17) is 12.2 Å². The number of sulfonamides is 1. The van der Waals surface area contributed by atoms with Crippen LogP contribution in [0.25, 0.3) is 0 Å². The number of nitrogens with two attached hydrogens (primary N) is 1. The number of rotatable bonds is 5. The van der Waals surface area contributed by atoms with Gasteiger partial charge in [0.1, 0.15) is 0 Å². The van der Waals surface area contributed by atoms with Gasteiger partial charge in [0.25, 0.3) is 0 Å². The van der Waals surface area contributed by atoms with Crippen molar-refractivity contribution in [2.75, 3.05) is 12.3 Å². The molecule has 0 saturated heterocycles. The third-order valence-corrected chi connectivity index (χ3v) is 4.21. The maximum atomic E-state index is 12.1. The summed E-state index contributed by atoms with van der Waals surface area (Å²) in [6.07, 6.45) is 6.28. The molecule has 0 unspecified atom stereocenters. The molecular weight excluding hydrogens is 248 g/mol. The van der Waals surface area contributed by atoms with Crippen molar-refractivity contribution in [3.63, 3.8) is 0 Å². The summed E-state index contributed by atoms with van der Waals surface area (Å²) in [5, 5.41) is 0. The average molecular weight is 266 g/mol. The Balaban J connectivity index is 2.96. The van der Waals surface area contributed by atoms with Gasteiger partial charge in [-0.2, -0.15) is 0 Å². The second-order valence-corrected chi connectivity index (χ2v) is 5.92. The number of anilines is 1. The summed E-state index contributed by atoms with van der Waals surface area (Å²) in [7, 11) is -3.52. The monoisotopic (exact) mass is 266 g/mol. The van der Waals surface area contributed by atoms with Gasteiger partial charge in [0, 0.05) is 18.7 Å². The lowest BCUT2D eigenvalue weighted by Gasteiger charge is -2.11. The van der Waals surface area contributed by atoms with Crippen LogP contribution in [0.4, 0.5) is 5.69 Å². The molecule has 18 heavy (non-hydrogen) atoms. The van der Waals surface area contributed by atoms with Gasteiger partial charge in [-0.1, -0.05) is 0 Å². The van der Waals surface area contributed by atoms with Crippen LogP contribution in [-0.2, 0) is 10.0 Å². The molecule has 98 valence electrons. The van der Waals surface area contributed by atoms with Gasteiger partial charge < -0.3 is 5.73 Å². The van der Waals surface area contributed by atoms with Gasteiger partial charge in [-0.25, -0.2) is 13.1 Å². The molecule has 0 fully saturated rings. The number of nitrogens with one attached hydrogen (secondary N) is 1. The summed E-state index contributed by atoms with van der Waals surface area (Å²) in [6, 6.07) is 3.38. The highest BCUT2D eigenvalue weighted by Crippen LogP contribution is 2.22. The molecule has 0 amide bonds. The summed E-state index contributed by atoms with van der Waals surface area (Å²) < 4.78 is 26.7. The Morgan fingerprint density at radius 3 is 2.67 bits per heavy atom. The summed E-state index contributed by atoms with van der Waals surface area (Å²) in [6.45, 7) is 3.84. The lowest BCUT2D eigenvalue weighted by atomic mass is 10.1. The van der Waals surface area contributed by atoms with Crippen LogP contribution in [0.3, 0.4) is 0 Å². The maximum Gasteiger partial charge on any atom is 0.240 e. The second kappa shape index (κ2) is 5.89. The first-order chi connectivity index (χ1) is 8.38.